The number of aromatic nitrogens is 1. The van der Waals surface area contributed by atoms with Gasteiger partial charge in [0.05, 0.1) is 0 Å². The fraction of sp³-hybridized carbons (Fsp3) is 0.100. The van der Waals surface area contributed by atoms with Crippen LogP contribution in [-0.2, 0) is 7.05 Å². The minimum Gasteiger partial charge on any atom is -0.350 e. The molecule has 0 fully saturated rings. The average molecular weight is 193 g/mol. The van der Waals surface area contributed by atoms with E-state index in [0.717, 1.165) is 21.5 Å². The first-order chi connectivity index (χ1) is 6.22. The van der Waals surface area contributed by atoms with Crippen LogP contribution in [0.25, 0.3) is 10.9 Å². The van der Waals surface area contributed by atoms with E-state index in [-0.39, 0.29) is 0 Å². The van der Waals surface area contributed by atoms with Crippen LogP contribution < -0.4 is 0 Å². The van der Waals surface area contributed by atoms with Gasteiger partial charge >= 0.3 is 0 Å². The third-order valence-corrected chi connectivity index (χ3v) is 2.37. The summed E-state index contributed by atoms with van der Waals surface area (Å²) in [6.45, 7) is 0. The van der Waals surface area contributed by atoms with Crippen LogP contribution in [-0.4, -0.2) is 10.8 Å². The molecule has 1 heterocycles. The van der Waals surface area contributed by atoms with Gasteiger partial charge in [0.15, 0.2) is 0 Å². The summed E-state index contributed by atoms with van der Waals surface area (Å²) >= 11 is 5.87. The Morgan fingerprint density at radius 3 is 2.92 bits per heavy atom. The average Bonchev–Trinajstić information content (AvgIpc) is 2.43. The van der Waals surface area contributed by atoms with Gasteiger partial charge in [-0.25, -0.2) is 0 Å². The van der Waals surface area contributed by atoms with Crippen LogP contribution in [0, 0.1) is 5.41 Å². The summed E-state index contributed by atoms with van der Waals surface area (Å²) in [6, 6.07) is 5.69. The van der Waals surface area contributed by atoms with Crippen molar-refractivity contribution in [3.63, 3.8) is 0 Å². The monoisotopic (exact) mass is 192 g/mol. The van der Waals surface area contributed by atoms with Crippen LogP contribution in [0.4, 0.5) is 0 Å². The molecule has 2 rings (SSSR count). The van der Waals surface area contributed by atoms with E-state index in [1.54, 1.807) is 0 Å². The number of nitrogens with zero attached hydrogens (tertiary/aromatic N) is 1. The Bertz CT molecular complexity index is 471. The Labute approximate surface area is 81.3 Å². The van der Waals surface area contributed by atoms with Gasteiger partial charge in [-0.05, 0) is 12.1 Å². The van der Waals surface area contributed by atoms with E-state index in [2.05, 4.69) is 0 Å². The number of aryl methyl sites for hydroxylation is 1. The van der Waals surface area contributed by atoms with E-state index in [4.69, 9.17) is 17.0 Å². The molecule has 0 aliphatic carbocycles. The van der Waals surface area contributed by atoms with Crippen molar-refractivity contribution in [2.24, 2.45) is 7.05 Å². The molecule has 0 aliphatic rings. The van der Waals surface area contributed by atoms with Gasteiger partial charge in [0, 0.05) is 40.9 Å². The number of hydrogen-bond acceptors (Lipinski definition) is 1. The largest absolute Gasteiger partial charge is 0.350 e. The highest BCUT2D eigenvalue weighted by molar-refractivity contribution is 6.31. The molecular formula is C10H9ClN2. The van der Waals surface area contributed by atoms with Crippen LogP contribution in [0.3, 0.4) is 0 Å². The third-order valence-electron chi connectivity index (χ3n) is 2.14. The molecule has 3 heteroatoms. The molecule has 0 saturated carbocycles. The summed E-state index contributed by atoms with van der Waals surface area (Å²) in [4.78, 5) is 0. The molecular weight excluding hydrogens is 184 g/mol. The van der Waals surface area contributed by atoms with E-state index in [9.17, 15) is 0 Å². The fourth-order valence-electron chi connectivity index (χ4n) is 1.50. The molecule has 1 N–H and O–H groups in total. The van der Waals surface area contributed by atoms with Gasteiger partial charge in [-0.1, -0.05) is 17.7 Å². The second kappa shape index (κ2) is 2.89. The first kappa shape index (κ1) is 8.32. The van der Waals surface area contributed by atoms with Crippen molar-refractivity contribution in [1.29, 1.82) is 5.41 Å². The van der Waals surface area contributed by atoms with Crippen molar-refractivity contribution < 1.29 is 0 Å². The van der Waals surface area contributed by atoms with E-state index in [1.165, 1.54) is 6.21 Å². The summed E-state index contributed by atoms with van der Waals surface area (Å²) in [5, 5.41) is 9.02. The molecule has 0 atom stereocenters. The predicted molar refractivity (Wildman–Crippen MR) is 55.8 cm³/mol. The highest BCUT2D eigenvalue weighted by Gasteiger charge is 2.03. The number of benzene rings is 1. The normalized spacial score (nSPS) is 10.6. The topological polar surface area (TPSA) is 28.8 Å². The maximum Gasteiger partial charge on any atom is 0.0499 e. The van der Waals surface area contributed by atoms with E-state index in [0.29, 0.717) is 0 Å². The molecule has 0 amide bonds. The lowest BCUT2D eigenvalue weighted by Gasteiger charge is -1.95. The molecule has 66 valence electrons. The van der Waals surface area contributed by atoms with Gasteiger partial charge in [0.1, 0.15) is 0 Å². The Morgan fingerprint density at radius 2 is 2.23 bits per heavy atom. The van der Waals surface area contributed by atoms with Crippen LogP contribution >= 0.6 is 11.6 Å². The van der Waals surface area contributed by atoms with Gasteiger partial charge in [0.25, 0.3) is 0 Å². The number of halogens is 1. The second-order valence-electron chi connectivity index (χ2n) is 3.00. The summed E-state index contributed by atoms with van der Waals surface area (Å²) < 4.78 is 1.97. The SMILES string of the molecule is Cn1cc(C=N)c2ccc(Cl)cc21. The zero-order valence-corrected chi connectivity index (χ0v) is 7.97. The quantitative estimate of drug-likeness (QED) is 0.674. The number of rotatable bonds is 1. The zero-order chi connectivity index (χ0) is 9.42. The van der Waals surface area contributed by atoms with Gasteiger partial charge in [0.2, 0.25) is 0 Å². The third kappa shape index (κ3) is 1.23. The maximum atomic E-state index is 7.22. The Kier molecular flexibility index (Phi) is 1.85. The molecule has 2 aromatic rings. The van der Waals surface area contributed by atoms with Gasteiger partial charge in [-0.15, -0.1) is 0 Å². The predicted octanol–water partition coefficient (Wildman–Crippen LogP) is 2.83. The highest BCUT2D eigenvalue weighted by Crippen LogP contribution is 2.22. The lowest BCUT2D eigenvalue weighted by atomic mass is 10.2. The Balaban J connectivity index is 2.88. The zero-order valence-electron chi connectivity index (χ0n) is 7.21. The van der Waals surface area contributed by atoms with Gasteiger partial charge in [-0.2, -0.15) is 0 Å². The molecule has 2 nitrogen and oxygen atoms in total. The van der Waals surface area contributed by atoms with Gasteiger partial charge < -0.3 is 9.98 Å². The molecule has 0 spiro atoms. The number of hydrogen-bond donors (Lipinski definition) is 1. The van der Waals surface area contributed by atoms with Crippen LogP contribution in [0.2, 0.25) is 5.02 Å². The summed E-state index contributed by atoms with van der Waals surface area (Å²) in [5.74, 6) is 0. The van der Waals surface area contributed by atoms with Crippen molar-refractivity contribution in [3.8, 4) is 0 Å². The van der Waals surface area contributed by atoms with Crippen molar-refractivity contribution in [2.75, 3.05) is 0 Å². The molecule has 1 aromatic carbocycles. The smallest absolute Gasteiger partial charge is 0.0499 e. The fourth-order valence-corrected chi connectivity index (χ4v) is 1.67. The molecule has 0 unspecified atom stereocenters. The van der Waals surface area contributed by atoms with Crippen LogP contribution in [0.1, 0.15) is 5.56 Å². The van der Waals surface area contributed by atoms with E-state index in [1.807, 2.05) is 36.0 Å². The maximum absolute atomic E-state index is 7.22. The Hall–Kier alpha value is -1.28. The number of fused-ring (bicyclic) bond motifs is 1. The standard InChI is InChI=1S/C10H9ClN2/c1-13-6-7(5-12)9-3-2-8(11)4-10(9)13/h2-6,12H,1H3. The lowest BCUT2D eigenvalue weighted by Crippen LogP contribution is -1.82. The highest BCUT2D eigenvalue weighted by atomic mass is 35.5. The molecule has 0 bridgehead atoms. The van der Waals surface area contributed by atoms with Crippen molar-refractivity contribution in [1.82, 2.24) is 4.57 Å². The molecule has 0 saturated heterocycles. The first-order valence-corrected chi connectivity index (χ1v) is 4.35. The van der Waals surface area contributed by atoms with E-state index < -0.39 is 0 Å². The van der Waals surface area contributed by atoms with E-state index >= 15 is 0 Å². The summed E-state index contributed by atoms with van der Waals surface area (Å²) in [5.41, 5.74) is 1.99. The van der Waals surface area contributed by atoms with Crippen LogP contribution in [0.5, 0.6) is 0 Å². The first-order valence-electron chi connectivity index (χ1n) is 3.97. The minimum absolute atomic E-state index is 0.727. The minimum atomic E-state index is 0.727. The van der Waals surface area contributed by atoms with Gasteiger partial charge in [-0.3, -0.25) is 0 Å². The lowest BCUT2D eigenvalue weighted by molar-refractivity contribution is 0.968. The summed E-state index contributed by atoms with van der Waals surface area (Å²) in [6.07, 6.45) is 3.28. The number of nitrogens with one attached hydrogen (secondary N) is 1. The molecule has 0 aliphatic heterocycles. The molecule has 0 radical (unpaired) electrons. The second-order valence-corrected chi connectivity index (χ2v) is 3.44. The van der Waals surface area contributed by atoms with Crippen molar-refractivity contribution in [3.05, 3.63) is 35.0 Å². The molecule has 1 aromatic heterocycles. The van der Waals surface area contributed by atoms with Crippen molar-refractivity contribution >= 4 is 28.7 Å². The van der Waals surface area contributed by atoms with Crippen LogP contribution in [0.15, 0.2) is 24.4 Å². The Morgan fingerprint density at radius 1 is 1.46 bits per heavy atom. The summed E-state index contributed by atoms with van der Waals surface area (Å²) in [7, 11) is 1.95. The molecule has 13 heavy (non-hydrogen) atoms. The van der Waals surface area contributed by atoms with Crippen molar-refractivity contribution in [2.45, 2.75) is 0 Å².